The van der Waals surface area contributed by atoms with Gasteiger partial charge in [-0.2, -0.15) is 0 Å². The molecule has 6 heteroatoms. The lowest BCUT2D eigenvalue weighted by Gasteiger charge is -1.87. The third-order valence-electron chi connectivity index (χ3n) is 0.794. The maximum atomic E-state index is 5.22. The van der Waals surface area contributed by atoms with Gasteiger partial charge < -0.3 is 5.73 Å². The van der Waals surface area contributed by atoms with E-state index in [0.717, 1.165) is 9.70 Å². The Morgan fingerprint density at radius 2 is 2.38 bits per heavy atom. The minimum Gasteiger partial charge on any atom is -0.329 e. The standard InChI is InChI=1S/C2H6N6/c3-2-1-6-8(5)7(2)4/h1,3H,4-5H2/p+1. The van der Waals surface area contributed by atoms with E-state index in [-0.39, 0.29) is 0 Å². The molecule has 1 aromatic rings. The molecule has 44 valence electrons. The van der Waals surface area contributed by atoms with Crippen molar-refractivity contribution in [2.24, 2.45) is 0 Å². The molecule has 0 aliphatic rings. The van der Waals surface area contributed by atoms with E-state index in [9.17, 15) is 0 Å². The van der Waals surface area contributed by atoms with E-state index in [2.05, 4.69) is 5.10 Å². The molecule has 1 heterocycles. The Labute approximate surface area is 45.4 Å². The van der Waals surface area contributed by atoms with Crippen molar-refractivity contribution in [1.82, 2.24) is 10.0 Å². The number of hydrogen-bond acceptors (Lipinski definition) is 4. The summed E-state index contributed by atoms with van der Waals surface area (Å²) in [6, 6.07) is 0. The second-order valence-corrected chi connectivity index (χ2v) is 1.33. The van der Waals surface area contributed by atoms with Crippen LogP contribution in [0.15, 0.2) is 6.20 Å². The summed E-state index contributed by atoms with van der Waals surface area (Å²) < 4.78 is 0. The number of nitrogens with zero attached hydrogens (tertiary/aromatic N) is 3. The highest BCUT2D eigenvalue weighted by atomic mass is 15.8. The van der Waals surface area contributed by atoms with Gasteiger partial charge in [0.1, 0.15) is 0 Å². The summed E-state index contributed by atoms with van der Waals surface area (Å²) in [6.45, 7) is 0. The molecule has 0 atom stereocenters. The van der Waals surface area contributed by atoms with E-state index in [1.807, 2.05) is 0 Å². The predicted molar refractivity (Wildman–Crippen MR) is 27.1 cm³/mol. The van der Waals surface area contributed by atoms with E-state index in [0.29, 0.717) is 5.82 Å². The fourth-order valence-electron chi connectivity index (χ4n) is 0.351. The van der Waals surface area contributed by atoms with Crippen molar-refractivity contribution in [2.45, 2.75) is 0 Å². The molecule has 0 aromatic carbocycles. The zero-order valence-electron chi connectivity index (χ0n) is 4.15. The number of hydrogen-bond donors (Lipinski definition) is 3. The number of rotatable bonds is 0. The molecule has 1 rings (SSSR count). The van der Waals surface area contributed by atoms with Gasteiger partial charge in [0.15, 0.2) is 6.20 Å². The molecular formula is C2H7N6+. The normalized spacial score (nSPS) is 9.50. The predicted octanol–water partition coefficient (Wildman–Crippen LogP) is -2.82. The van der Waals surface area contributed by atoms with Gasteiger partial charge in [0.05, 0.1) is 0 Å². The summed E-state index contributed by atoms with van der Waals surface area (Å²) in [6.07, 6.45) is 1.36. The van der Waals surface area contributed by atoms with Gasteiger partial charge in [0.2, 0.25) is 0 Å². The van der Waals surface area contributed by atoms with E-state index < -0.39 is 0 Å². The zero-order valence-corrected chi connectivity index (χ0v) is 4.15. The largest absolute Gasteiger partial charge is 0.329 e. The molecule has 0 unspecified atom stereocenters. The van der Waals surface area contributed by atoms with Crippen molar-refractivity contribution in [3.8, 4) is 0 Å². The maximum Gasteiger partial charge on any atom is 0.267 e. The second kappa shape index (κ2) is 1.25. The Bertz CT molecular complexity index is 169. The van der Waals surface area contributed by atoms with Crippen LogP contribution in [0.1, 0.15) is 0 Å². The lowest BCUT2D eigenvalue weighted by molar-refractivity contribution is -0.710. The molecule has 6 nitrogen and oxygen atoms in total. The molecule has 0 saturated heterocycles. The van der Waals surface area contributed by atoms with Crippen molar-refractivity contribution >= 4 is 5.82 Å². The van der Waals surface area contributed by atoms with Crippen molar-refractivity contribution < 1.29 is 4.79 Å². The van der Waals surface area contributed by atoms with Crippen molar-refractivity contribution in [3.63, 3.8) is 0 Å². The zero-order chi connectivity index (χ0) is 6.15. The quantitative estimate of drug-likeness (QED) is 0.251. The van der Waals surface area contributed by atoms with Gasteiger partial charge in [-0.1, -0.05) is 4.79 Å². The van der Waals surface area contributed by atoms with Crippen LogP contribution in [-0.4, -0.2) is 10.0 Å². The molecule has 0 fully saturated rings. The lowest BCUT2D eigenvalue weighted by atomic mass is 10.8. The number of aromatic nitrogens is 3. The fraction of sp³-hybridized carbons (Fsp3) is 0. The van der Waals surface area contributed by atoms with Crippen LogP contribution < -0.4 is 22.2 Å². The average Bonchev–Trinajstić information content (AvgIpc) is 1.98. The first kappa shape index (κ1) is 4.69. The van der Waals surface area contributed by atoms with E-state index in [1.54, 1.807) is 0 Å². The minimum atomic E-state index is 0.326. The van der Waals surface area contributed by atoms with Crippen molar-refractivity contribution in [2.75, 3.05) is 17.4 Å². The number of nitrogen functional groups attached to an aromatic ring is 3. The van der Waals surface area contributed by atoms with Crippen molar-refractivity contribution in [1.29, 1.82) is 0 Å². The second-order valence-electron chi connectivity index (χ2n) is 1.33. The lowest BCUT2D eigenvalue weighted by Crippen LogP contribution is -2.57. The van der Waals surface area contributed by atoms with Gasteiger partial charge in [0, 0.05) is 4.91 Å². The Morgan fingerprint density at radius 1 is 1.75 bits per heavy atom. The Kier molecular flexibility index (Phi) is 0.736. The summed E-state index contributed by atoms with van der Waals surface area (Å²) in [5.41, 5.74) is 5.22. The molecule has 6 N–H and O–H groups in total. The Hall–Kier alpha value is -1.46. The molecule has 0 radical (unpaired) electrons. The van der Waals surface area contributed by atoms with Crippen LogP contribution in [0.5, 0.6) is 0 Å². The monoisotopic (exact) mass is 115 g/mol. The molecule has 0 aliphatic carbocycles. The smallest absolute Gasteiger partial charge is 0.267 e. The third-order valence-corrected chi connectivity index (χ3v) is 0.794. The Balaban J connectivity index is 3.19. The van der Waals surface area contributed by atoms with E-state index in [1.165, 1.54) is 6.20 Å². The summed E-state index contributed by atoms with van der Waals surface area (Å²) >= 11 is 0. The summed E-state index contributed by atoms with van der Waals surface area (Å²) in [5, 5.41) is 3.52. The van der Waals surface area contributed by atoms with Gasteiger partial charge >= 0.3 is 0 Å². The SMILES string of the molecule is Nc1cnn(N)[n+]1N. The van der Waals surface area contributed by atoms with Gasteiger partial charge in [-0.3, -0.25) is 5.84 Å². The van der Waals surface area contributed by atoms with Crippen LogP contribution in [-0.2, 0) is 0 Å². The highest BCUT2D eigenvalue weighted by Gasteiger charge is 2.02. The molecular weight excluding hydrogens is 108 g/mol. The van der Waals surface area contributed by atoms with E-state index in [4.69, 9.17) is 17.4 Å². The van der Waals surface area contributed by atoms with Gasteiger partial charge in [-0.25, -0.2) is 5.84 Å². The molecule has 0 aliphatic heterocycles. The molecule has 1 aromatic heterocycles. The van der Waals surface area contributed by atoms with Crippen LogP contribution in [0.4, 0.5) is 5.82 Å². The van der Waals surface area contributed by atoms with Gasteiger partial charge in [0.25, 0.3) is 5.82 Å². The molecule has 0 amide bonds. The first-order valence-corrected chi connectivity index (χ1v) is 1.98. The van der Waals surface area contributed by atoms with Gasteiger partial charge in [-0.15, -0.1) is 0 Å². The van der Waals surface area contributed by atoms with Crippen LogP contribution >= 0.6 is 0 Å². The molecule has 0 spiro atoms. The summed E-state index contributed by atoms with van der Waals surface area (Å²) in [5.74, 6) is 10.6. The maximum absolute atomic E-state index is 5.22. The highest BCUT2D eigenvalue weighted by molar-refractivity contribution is 5.12. The highest BCUT2D eigenvalue weighted by Crippen LogP contribution is 1.79. The minimum absolute atomic E-state index is 0.326. The first-order valence-electron chi connectivity index (χ1n) is 1.98. The van der Waals surface area contributed by atoms with Crippen molar-refractivity contribution in [3.05, 3.63) is 6.20 Å². The van der Waals surface area contributed by atoms with E-state index >= 15 is 0 Å². The average molecular weight is 115 g/mol. The van der Waals surface area contributed by atoms with Crippen LogP contribution in [0, 0.1) is 0 Å². The fourth-order valence-corrected chi connectivity index (χ4v) is 0.351. The van der Waals surface area contributed by atoms with Crippen LogP contribution in [0.2, 0.25) is 0 Å². The van der Waals surface area contributed by atoms with Crippen LogP contribution in [0.3, 0.4) is 0 Å². The van der Waals surface area contributed by atoms with Gasteiger partial charge in [-0.05, 0) is 5.10 Å². The summed E-state index contributed by atoms with van der Waals surface area (Å²) in [7, 11) is 0. The molecule has 0 bridgehead atoms. The topological polar surface area (TPSA) is 99.8 Å². The number of nitrogens with two attached hydrogens (primary N) is 3. The molecule has 0 saturated carbocycles. The Morgan fingerprint density at radius 3 is 2.50 bits per heavy atom. The summed E-state index contributed by atoms with van der Waals surface area (Å²) in [4.78, 5) is 1.97. The first-order chi connectivity index (χ1) is 3.72. The molecule has 8 heavy (non-hydrogen) atoms. The number of anilines is 1. The van der Waals surface area contributed by atoms with Crippen LogP contribution in [0.25, 0.3) is 0 Å². The third kappa shape index (κ3) is 0.427.